The normalized spacial score (nSPS) is 13.1. The maximum atomic E-state index is 5.60. The van der Waals surface area contributed by atoms with E-state index in [2.05, 4.69) is 45.0 Å². The Kier molecular flexibility index (Phi) is 5.54. The van der Waals surface area contributed by atoms with Crippen molar-refractivity contribution < 1.29 is 0 Å². The Morgan fingerprint density at radius 3 is 2.19 bits per heavy atom. The molecule has 1 atom stereocenters. The van der Waals surface area contributed by atoms with E-state index in [4.69, 9.17) is 5.73 Å². The summed E-state index contributed by atoms with van der Waals surface area (Å²) in [6.07, 6.45) is 3.45. The second-order valence-corrected chi connectivity index (χ2v) is 4.88. The molecule has 1 unspecified atom stereocenters. The van der Waals surface area contributed by atoms with Crippen molar-refractivity contribution in [3.05, 3.63) is 35.4 Å². The van der Waals surface area contributed by atoms with Crippen LogP contribution >= 0.6 is 0 Å². The van der Waals surface area contributed by atoms with E-state index < -0.39 is 0 Å². The topological polar surface area (TPSA) is 26.0 Å². The van der Waals surface area contributed by atoms with Gasteiger partial charge in [0.2, 0.25) is 0 Å². The van der Waals surface area contributed by atoms with Crippen molar-refractivity contribution in [2.45, 2.75) is 46.0 Å². The highest BCUT2D eigenvalue weighted by atomic mass is 14.5. The summed E-state index contributed by atoms with van der Waals surface area (Å²) < 4.78 is 0. The lowest BCUT2D eigenvalue weighted by Gasteiger charge is -2.21. The average molecular weight is 219 g/mol. The minimum absolute atomic E-state index is 0.662. The van der Waals surface area contributed by atoms with Crippen molar-refractivity contribution in [2.75, 3.05) is 6.54 Å². The van der Waals surface area contributed by atoms with Crippen LogP contribution in [0.1, 0.15) is 50.7 Å². The molecule has 0 bridgehead atoms. The van der Waals surface area contributed by atoms with Crippen LogP contribution in [-0.4, -0.2) is 6.54 Å². The van der Waals surface area contributed by atoms with Gasteiger partial charge in [0.1, 0.15) is 0 Å². The fraction of sp³-hybridized carbons (Fsp3) is 0.600. The second-order valence-electron chi connectivity index (χ2n) is 4.88. The number of nitrogens with two attached hydrogens (primary N) is 1. The van der Waals surface area contributed by atoms with Crippen LogP contribution in [0, 0.1) is 5.92 Å². The van der Waals surface area contributed by atoms with Crippen molar-refractivity contribution in [2.24, 2.45) is 11.7 Å². The molecule has 0 aliphatic rings. The summed E-state index contributed by atoms with van der Waals surface area (Å²) in [5.41, 5.74) is 8.49. The summed E-state index contributed by atoms with van der Waals surface area (Å²) >= 11 is 0. The molecule has 1 nitrogen and oxygen atoms in total. The van der Waals surface area contributed by atoms with E-state index in [9.17, 15) is 0 Å². The van der Waals surface area contributed by atoms with Crippen molar-refractivity contribution in [3.8, 4) is 0 Å². The number of hydrogen-bond acceptors (Lipinski definition) is 1. The molecule has 0 spiro atoms. The van der Waals surface area contributed by atoms with E-state index >= 15 is 0 Å². The molecule has 0 saturated carbocycles. The molecule has 1 aromatic rings. The van der Waals surface area contributed by atoms with Crippen molar-refractivity contribution >= 4 is 0 Å². The van der Waals surface area contributed by atoms with E-state index in [0.29, 0.717) is 11.8 Å². The van der Waals surface area contributed by atoms with Gasteiger partial charge in [0, 0.05) is 0 Å². The molecular weight excluding hydrogens is 194 g/mol. The summed E-state index contributed by atoms with van der Waals surface area (Å²) in [7, 11) is 0. The number of benzene rings is 1. The summed E-state index contributed by atoms with van der Waals surface area (Å²) in [6, 6.07) is 9.10. The SMILES string of the molecule is CCc1ccc(C(CCCN)C(C)C)cc1. The summed E-state index contributed by atoms with van der Waals surface area (Å²) in [6.45, 7) is 7.60. The Balaban J connectivity index is 2.75. The van der Waals surface area contributed by atoms with E-state index in [-0.39, 0.29) is 0 Å². The highest BCUT2D eigenvalue weighted by Gasteiger charge is 2.14. The molecule has 1 aromatic carbocycles. The van der Waals surface area contributed by atoms with Gasteiger partial charge in [-0.05, 0) is 48.8 Å². The number of hydrogen-bond donors (Lipinski definition) is 1. The third-order valence-corrected chi connectivity index (χ3v) is 3.34. The molecule has 2 N–H and O–H groups in total. The molecule has 1 rings (SSSR count). The molecule has 0 aliphatic carbocycles. The average Bonchev–Trinajstić information content (AvgIpc) is 2.30. The molecule has 0 fully saturated rings. The van der Waals surface area contributed by atoms with Crippen LogP contribution in [0.4, 0.5) is 0 Å². The van der Waals surface area contributed by atoms with Gasteiger partial charge in [-0.15, -0.1) is 0 Å². The smallest absolute Gasteiger partial charge is 0.00771 e. The summed E-state index contributed by atoms with van der Waals surface area (Å²) in [5, 5.41) is 0. The fourth-order valence-corrected chi connectivity index (χ4v) is 2.22. The molecule has 90 valence electrons. The first-order chi connectivity index (χ1) is 7.69. The highest BCUT2D eigenvalue weighted by Crippen LogP contribution is 2.29. The van der Waals surface area contributed by atoms with Gasteiger partial charge in [-0.25, -0.2) is 0 Å². The summed E-state index contributed by atoms with van der Waals surface area (Å²) in [5.74, 6) is 1.36. The van der Waals surface area contributed by atoms with Crippen LogP contribution in [-0.2, 0) is 6.42 Å². The van der Waals surface area contributed by atoms with Gasteiger partial charge in [-0.1, -0.05) is 45.0 Å². The maximum absolute atomic E-state index is 5.60. The molecule has 0 aromatic heterocycles. The van der Waals surface area contributed by atoms with Gasteiger partial charge in [0.25, 0.3) is 0 Å². The van der Waals surface area contributed by atoms with Crippen molar-refractivity contribution in [1.29, 1.82) is 0 Å². The molecule has 0 amide bonds. The monoisotopic (exact) mass is 219 g/mol. The molecule has 0 heterocycles. The predicted molar refractivity (Wildman–Crippen MR) is 71.7 cm³/mol. The van der Waals surface area contributed by atoms with Crippen LogP contribution in [0.25, 0.3) is 0 Å². The zero-order valence-corrected chi connectivity index (χ0v) is 10.9. The first-order valence-electron chi connectivity index (χ1n) is 6.48. The van der Waals surface area contributed by atoms with Crippen molar-refractivity contribution in [3.63, 3.8) is 0 Å². The van der Waals surface area contributed by atoms with Gasteiger partial charge in [-0.2, -0.15) is 0 Å². The maximum Gasteiger partial charge on any atom is -0.00771 e. The lowest BCUT2D eigenvalue weighted by Crippen LogP contribution is -2.09. The quantitative estimate of drug-likeness (QED) is 0.775. The van der Waals surface area contributed by atoms with Crippen LogP contribution < -0.4 is 5.73 Å². The number of aryl methyl sites for hydroxylation is 1. The summed E-state index contributed by atoms with van der Waals surface area (Å²) in [4.78, 5) is 0. The van der Waals surface area contributed by atoms with Crippen LogP contribution in [0.15, 0.2) is 24.3 Å². The van der Waals surface area contributed by atoms with Crippen LogP contribution in [0.3, 0.4) is 0 Å². The lowest BCUT2D eigenvalue weighted by molar-refractivity contribution is 0.458. The Morgan fingerprint density at radius 1 is 1.12 bits per heavy atom. The third kappa shape index (κ3) is 3.64. The molecular formula is C15H25N. The van der Waals surface area contributed by atoms with Gasteiger partial charge in [0.05, 0.1) is 0 Å². The van der Waals surface area contributed by atoms with E-state index in [1.807, 2.05) is 0 Å². The van der Waals surface area contributed by atoms with Crippen LogP contribution in [0.5, 0.6) is 0 Å². The predicted octanol–water partition coefficient (Wildman–Crippen LogP) is 3.73. The second kappa shape index (κ2) is 6.70. The van der Waals surface area contributed by atoms with E-state index in [1.165, 1.54) is 17.5 Å². The molecule has 0 saturated heterocycles. The Labute approximate surface area is 100 Å². The largest absolute Gasteiger partial charge is 0.330 e. The first-order valence-corrected chi connectivity index (χ1v) is 6.48. The van der Waals surface area contributed by atoms with E-state index in [1.54, 1.807) is 0 Å². The van der Waals surface area contributed by atoms with Gasteiger partial charge in [-0.3, -0.25) is 0 Å². The zero-order valence-electron chi connectivity index (χ0n) is 10.9. The third-order valence-electron chi connectivity index (χ3n) is 3.34. The Bertz CT molecular complexity index is 287. The lowest BCUT2D eigenvalue weighted by atomic mass is 9.84. The number of rotatable bonds is 6. The van der Waals surface area contributed by atoms with Crippen LogP contribution in [0.2, 0.25) is 0 Å². The van der Waals surface area contributed by atoms with Gasteiger partial charge >= 0.3 is 0 Å². The van der Waals surface area contributed by atoms with E-state index in [0.717, 1.165) is 19.4 Å². The van der Waals surface area contributed by atoms with Gasteiger partial charge < -0.3 is 5.73 Å². The Morgan fingerprint density at radius 2 is 1.75 bits per heavy atom. The fourth-order valence-electron chi connectivity index (χ4n) is 2.22. The van der Waals surface area contributed by atoms with Crippen molar-refractivity contribution in [1.82, 2.24) is 0 Å². The van der Waals surface area contributed by atoms with Gasteiger partial charge in [0.15, 0.2) is 0 Å². The molecule has 1 heteroatoms. The zero-order chi connectivity index (χ0) is 12.0. The molecule has 0 aliphatic heterocycles. The first kappa shape index (κ1) is 13.2. The molecule has 0 radical (unpaired) electrons. The Hall–Kier alpha value is -0.820. The minimum Gasteiger partial charge on any atom is -0.330 e. The minimum atomic E-state index is 0.662. The molecule has 16 heavy (non-hydrogen) atoms. The standard InChI is InChI=1S/C15H25N/c1-4-13-7-9-14(10-8-13)15(12(2)3)6-5-11-16/h7-10,12,15H,4-6,11,16H2,1-3H3. The highest BCUT2D eigenvalue weighted by molar-refractivity contribution is 5.25.